The molecule has 0 spiro atoms. The molecule has 128 valence electrons. The van der Waals surface area contributed by atoms with E-state index in [9.17, 15) is 9.59 Å². The van der Waals surface area contributed by atoms with Gasteiger partial charge in [-0.15, -0.1) is 22.9 Å². The van der Waals surface area contributed by atoms with Gasteiger partial charge < -0.3 is 10.6 Å². The summed E-state index contributed by atoms with van der Waals surface area (Å²) in [5.41, 5.74) is 1.49. The van der Waals surface area contributed by atoms with Crippen molar-refractivity contribution in [1.29, 1.82) is 0 Å². The maximum atomic E-state index is 12.0. The van der Waals surface area contributed by atoms with E-state index < -0.39 is 0 Å². The second-order valence-electron chi connectivity index (χ2n) is 4.90. The zero-order valence-electron chi connectivity index (χ0n) is 12.9. The Kier molecular flexibility index (Phi) is 5.85. The highest BCUT2D eigenvalue weighted by atomic mass is 35.5. The molecule has 0 aliphatic rings. The van der Waals surface area contributed by atoms with Crippen molar-refractivity contribution in [2.24, 2.45) is 0 Å². The lowest BCUT2D eigenvalue weighted by molar-refractivity contribution is -0.114. The lowest BCUT2D eigenvalue weighted by Gasteiger charge is -2.02. The predicted molar refractivity (Wildman–Crippen MR) is 103 cm³/mol. The van der Waals surface area contributed by atoms with E-state index in [1.807, 2.05) is 18.2 Å². The number of carbonyl (C=O) groups excluding carboxylic acids is 2. The van der Waals surface area contributed by atoms with Crippen molar-refractivity contribution in [2.75, 3.05) is 22.3 Å². The summed E-state index contributed by atoms with van der Waals surface area (Å²) in [4.78, 5) is 31.8. The Labute approximate surface area is 157 Å². The normalized spacial score (nSPS) is 10.6. The van der Waals surface area contributed by atoms with Gasteiger partial charge in [0.05, 0.1) is 16.0 Å². The molecule has 0 saturated carbocycles. The smallest absolute Gasteiger partial charge is 0.239 e. The fourth-order valence-electron chi connectivity index (χ4n) is 1.98. The molecule has 25 heavy (non-hydrogen) atoms. The van der Waals surface area contributed by atoms with Gasteiger partial charge in [0, 0.05) is 11.9 Å². The number of anilines is 2. The van der Waals surface area contributed by atoms with Crippen molar-refractivity contribution < 1.29 is 9.59 Å². The summed E-state index contributed by atoms with van der Waals surface area (Å²) in [6, 6.07) is 10.8. The number of alkyl halides is 1. The van der Waals surface area contributed by atoms with Crippen LogP contribution in [0.4, 0.5) is 11.5 Å². The van der Waals surface area contributed by atoms with Gasteiger partial charge >= 0.3 is 0 Å². The van der Waals surface area contributed by atoms with Crippen LogP contribution in [0.1, 0.15) is 0 Å². The number of thioether (sulfide) groups is 1. The summed E-state index contributed by atoms with van der Waals surface area (Å²) in [5.74, 6) is 0.279. The van der Waals surface area contributed by atoms with Crippen molar-refractivity contribution in [3.63, 3.8) is 0 Å². The molecule has 0 saturated heterocycles. The van der Waals surface area contributed by atoms with Gasteiger partial charge in [0.15, 0.2) is 4.34 Å². The molecule has 2 amide bonds. The number of rotatable bonds is 6. The number of thiazole rings is 1. The predicted octanol–water partition coefficient (Wildman–Crippen LogP) is 3.60. The lowest BCUT2D eigenvalue weighted by atomic mass is 10.3. The Morgan fingerprint density at radius 3 is 2.80 bits per heavy atom. The van der Waals surface area contributed by atoms with E-state index in [0.29, 0.717) is 11.5 Å². The van der Waals surface area contributed by atoms with Crippen LogP contribution in [0, 0.1) is 0 Å². The van der Waals surface area contributed by atoms with Crippen LogP contribution in [0.5, 0.6) is 0 Å². The molecule has 3 aromatic rings. The Hall–Kier alpha value is -2.16. The van der Waals surface area contributed by atoms with Crippen molar-refractivity contribution in [3.05, 3.63) is 42.6 Å². The molecule has 6 nitrogen and oxygen atoms in total. The largest absolute Gasteiger partial charge is 0.325 e. The van der Waals surface area contributed by atoms with E-state index >= 15 is 0 Å². The van der Waals surface area contributed by atoms with Gasteiger partial charge in [-0.2, -0.15) is 0 Å². The van der Waals surface area contributed by atoms with E-state index in [2.05, 4.69) is 20.6 Å². The number of aromatic nitrogens is 2. The van der Waals surface area contributed by atoms with Crippen LogP contribution in [0.15, 0.2) is 46.9 Å². The van der Waals surface area contributed by atoms with E-state index in [4.69, 9.17) is 11.6 Å². The molecule has 2 aromatic heterocycles. The van der Waals surface area contributed by atoms with E-state index in [1.165, 1.54) is 23.1 Å². The van der Waals surface area contributed by atoms with Crippen LogP contribution in [0.2, 0.25) is 0 Å². The summed E-state index contributed by atoms with van der Waals surface area (Å²) < 4.78 is 1.71. The summed E-state index contributed by atoms with van der Waals surface area (Å²) in [6.45, 7) is 0. The Bertz CT molecular complexity index is 902. The first-order chi connectivity index (χ1) is 12.1. The summed E-state index contributed by atoms with van der Waals surface area (Å²) >= 11 is 8.31. The summed E-state index contributed by atoms with van der Waals surface area (Å²) in [6.07, 6.45) is 1.62. The van der Waals surface area contributed by atoms with Gasteiger partial charge in [0.1, 0.15) is 11.7 Å². The molecule has 1 aromatic carbocycles. The molecule has 0 bridgehead atoms. The third kappa shape index (κ3) is 4.91. The van der Waals surface area contributed by atoms with Gasteiger partial charge in [-0.05, 0) is 30.3 Å². The summed E-state index contributed by atoms with van der Waals surface area (Å²) in [5, 5.41) is 5.43. The van der Waals surface area contributed by atoms with Gasteiger partial charge in [0.2, 0.25) is 11.8 Å². The quantitative estimate of drug-likeness (QED) is 0.494. The lowest BCUT2D eigenvalue weighted by Crippen LogP contribution is -2.14. The van der Waals surface area contributed by atoms with Crippen LogP contribution >= 0.6 is 34.7 Å². The summed E-state index contributed by atoms with van der Waals surface area (Å²) in [7, 11) is 0. The van der Waals surface area contributed by atoms with Crippen molar-refractivity contribution in [1.82, 2.24) is 9.97 Å². The molecule has 0 radical (unpaired) electrons. The third-order valence-electron chi connectivity index (χ3n) is 3.03. The number of fused-ring (bicyclic) bond motifs is 1. The average Bonchev–Trinajstić information content (AvgIpc) is 3.03. The number of benzene rings is 1. The molecule has 0 atom stereocenters. The van der Waals surface area contributed by atoms with Gasteiger partial charge in [-0.1, -0.05) is 17.8 Å². The van der Waals surface area contributed by atoms with Crippen LogP contribution in [0.25, 0.3) is 10.2 Å². The highest BCUT2D eigenvalue weighted by Crippen LogP contribution is 2.31. The fraction of sp³-hybridized carbons (Fsp3) is 0.125. The van der Waals surface area contributed by atoms with Crippen molar-refractivity contribution in [2.45, 2.75) is 4.34 Å². The maximum Gasteiger partial charge on any atom is 0.239 e. The highest BCUT2D eigenvalue weighted by Gasteiger charge is 2.10. The molecule has 0 fully saturated rings. The third-order valence-corrected chi connectivity index (χ3v) is 5.44. The second kappa shape index (κ2) is 8.28. The number of carbonyl (C=O) groups is 2. The number of halogens is 1. The molecule has 2 heterocycles. The number of hydrogen-bond acceptors (Lipinski definition) is 6. The monoisotopic (exact) mass is 392 g/mol. The number of pyridine rings is 1. The molecular weight excluding hydrogens is 380 g/mol. The second-order valence-corrected chi connectivity index (χ2v) is 7.42. The first kappa shape index (κ1) is 17.7. The molecule has 9 heteroatoms. The molecule has 3 rings (SSSR count). The van der Waals surface area contributed by atoms with Crippen molar-refractivity contribution in [3.8, 4) is 0 Å². The number of hydrogen-bond donors (Lipinski definition) is 2. The zero-order chi connectivity index (χ0) is 17.6. The minimum Gasteiger partial charge on any atom is -0.325 e. The Balaban J connectivity index is 1.62. The minimum atomic E-state index is -0.258. The minimum absolute atomic E-state index is 0.0901. The fourth-order valence-corrected chi connectivity index (χ4v) is 3.95. The Morgan fingerprint density at radius 2 is 2.04 bits per heavy atom. The highest BCUT2D eigenvalue weighted by molar-refractivity contribution is 8.01. The number of amides is 2. The number of nitrogens with one attached hydrogen (secondary N) is 2. The molecule has 2 N–H and O–H groups in total. The number of nitrogens with zero attached hydrogens (tertiary/aromatic N) is 2. The van der Waals surface area contributed by atoms with E-state index in [0.717, 1.165) is 14.6 Å². The standard InChI is InChI=1S/C16H13ClN4O2S2/c17-8-14(22)19-10-4-5-11-12(7-10)25-16(20-11)24-9-15(23)21-13-3-1-2-6-18-13/h1-7H,8-9H2,(H,19,22)(H,18,21,23). The first-order valence-corrected chi connectivity index (χ1v) is 9.58. The Morgan fingerprint density at radius 1 is 1.16 bits per heavy atom. The SMILES string of the molecule is O=C(CCl)Nc1ccc2nc(SCC(=O)Nc3ccccn3)sc2c1. The van der Waals surface area contributed by atoms with Crippen molar-refractivity contribution >= 4 is 68.2 Å². The van der Waals surface area contributed by atoms with Crippen LogP contribution < -0.4 is 10.6 Å². The van der Waals surface area contributed by atoms with Crippen LogP contribution in [-0.2, 0) is 9.59 Å². The van der Waals surface area contributed by atoms with E-state index in [-0.39, 0.29) is 23.4 Å². The van der Waals surface area contributed by atoms with E-state index in [1.54, 1.807) is 24.4 Å². The molecular formula is C16H13ClN4O2S2. The molecule has 0 unspecified atom stereocenters. The first-order valence-electron chi connectivity index (χ1n) is 7.24. The average molecular weight is 393 g/mol. The molecule has 0 aliphatic carbocycles. The van der Waals surface area contributed by atoms with Gasteiger partial charge in [0.25, 0.3) is 0 Å². The van der Waals surface area contributed by atoms with Gasteiger partial charge in [-0.25, -0.2) is 9.97 Å². The maximum absolute atomic E-state index is 12.0. The topological polar surface area (TPSA) is 84.0 Å². The van der Waals surface area contributed by atoms with Crippen LogP contribution in [0.3, 0.4) is 0 Å². The van der Waals surface area contributed by atoms with Gasteiger partial charge in [-0.3, -0.25) is 9.59 Å². The van der Waals surface area contributed by atoms with Crippen LogP contribution in [-0.4, -0.2) is 33.4 Å². The molecule has 0 aliphatic heterocycles. The zero-order valence-corrected chi connectivity index (χ0v) is 15.2.